The fraction of sp³-hybridized carbons (Fsp3) is 0.138. The topological polar surface area (TPSA) is 96.7 Å². The van der Waals surface area contributed by atoms with Crippen LogP contribution in [-0.2, 0) is 17.6 Å². The van der Waals surface area contributed by atoms with Gasteiger partial charge in [0.1, 0.15) is 17.3 Å². The van der Waals surface area contributed by atoms with E-state index in [1.807, 2.05) is 42.5 Å². The van der Waals surface area contributed by atoms with Gasteiger partial charge < -0.3 is 16.0 Å². The number of rotatable bonds is 8. The number of carbonyl (C=O) groups is 1. The number of aromatic amines is 1. The van der Waals surface area contributed by atoms with E-state index in [0.29, 0.717) is 24.3 Å². The molecule has 2 aromatic carbocycles. The zero-order valence-electron chi connectivity index (χ0n) is 19.9. The van der Waals surface area contributed by atoms with E-state index in [2.05, 4.69) is 42.9 Å². The third-order valence-corrected chi connectivity index (χ3v) is 6.84. The molecule has 0 spiro atoms. The first-order valence-corrected chi connectivity index (χ1v) is 13.0. The fourth-order valence-electron chi connectivity index (χ4n) is 4.41. The second-order valence-corrected chi connectivity index (χ2v) is 10.2. The number of hydrogen-bond acceptors (Lipinski definition) is 4. The predicted octanol–water partition coefficient (Wildman–Crippen LogP) is 5.86. The van der Waals surface area contributed by atoms with Crippen molar-refractivity contribution in [1.82, 2.24) is 15.0 Å². The summed E-state index contributed by atoms with van der Waals surface area (Å²) in [5.41, 5.74) is 11.9. The highest BCUT2D eigenvalue weighted by atomic mass is 127. The molecule has 1 amide bonds. The Labute approximate surface area is 227 Å². The van der Waals surface area contributed by atoms with Crippen molar-refractivity contribution in [3.05, 3.63) is 111 Å². The monoisotopic (exact) mass is 605 g/mol. The van der Waals surface area contributed by atoms with Crippen molar-refractivity contribution in [3.8, 4) is 11.1 Å². The van der Waals surface area contributed by atoms with Crippen LogP contribution in [0.4, 0.5) is 10.2 Å². The zero-order chi connectivity index (χ0) is 25.8. The molecule has 6 nitrogen and oxygen atoms in total. The number of anilines is 1. The maximum atomic E-state index is 13.4. The second-order valence-electron chi connectivity index (χ2n) is 8.95. The molecule has 4 N–H and O–H groups in total. The van der Waals surface area contributed by atoms with Crippen LogP contribution in [0, 0.1) is 9.39 Å². The van der Waals surface area contributed by atoms with Crippen LogP contribution in [0.5, 0.6) is 0 Å². The van der Waals surface area contributed by atoms with E-state index in [4.69, 9.17) is 5.73 Å². The van der Waals surface area contributed by atoms with Gasteiger partial charge in [-0.05, 0) is 94.2 Å². The molecule has 1 atom stereocenters. The first kappa shape index (κ1) is 25.0. The minimum absolute atomic E-state index is 0.183. The van der Waals surface area contributed by atoms with Crippen LogP contribution in [0.25, 0.3) is 22.2 Å². The molecule has 0 aliphatic rings. The van der Waals surface area contributed by atoms with Crippen LogP contribution < -0.4 is 11.1 Å². The lowest BCUT2D eigenvalue weighted by Crippen LogP contribution is -2.29. The number of nitrogens with one attached hydrogen (secondary N) is 2. The SMILES string of the molecule is N[C@H](CC(=O)Nc1ccc2c(-c3ccncc3)c(Cc3ccc(F)cc3)[nH]c2n1)Cc1ccc(I)cc1. The van der Waals surface area contributed by atoms with Gasteiger partial charge in [0.25, 0.3) is 0 Å². The second kappa shape index (κ2) is 11.2. The number of benzene rings is 2. The van der Waals surface area contributed by atoms with Gasteiger partial charge in [0.2, 0.25) is 5.91 Å². The van der Waals surface area contributed by atoms with Crippen LogP contribution in [0.1, 0.15) is 23.2 Å². The lowest BCUT2D eigenvalue weighted by molar-refractivity contribution is -0.116. The van der Waals surface area contributed by atoms with Crippen molar-refractivity contribution in [2.24, 2.45) is 5.73 Å². The molecule has 37 heavy (non-hydrogen) atoms. The summed E-state index contributed by atoms with van der Waals surface area (Å²) in [5.74, 6) is 0.00204. The molecule has 0 unspecified atom stereocenters. The van der Waals surface area contributed by atoms with Crippen molar-refractivity contribution in [3.63, 3.8) is 0 Å². The number of nitrogens with two attached hydrogens (primary N) is 1. The van der Waals surface area contributed by atoms with Gasteiger partial charge in [0.05, 0.1) is 0 Å². The molecule has 5 aromatic rings. The van der Waals surface area contributed by atoms with E-state index in [-0.39, 0.29) is 24.2 Å². The maximum Gasteiger partial charge on any atom is 0.227 e. The molecule has 0 saturated carbocycles. The third-order valence-electron chi connectivity index (χ3n) is 6.13. The molecule has 0 fully saturated rings. The predicted molar refractivity (Wildman–Crippen MR) is 153 cm³/mol. The highest BCUT2D eigenvalue weighted by molar-refractivity contribution is 14.1. The summed E-state index contributed by atoms with van der Waals surface area (Å²) >= 11 is 2.26. The Hall–Kier alpha value is -3.63. The average molecular weight is 605 g/mol. The van der Waals surface area contributed by atoms with Gasteiger partial charge in [-0.25, -0.2) is 9.37 Å². The molecule has 0 aliphatic carbocycles. The van der Waals surface area contributed by atoms with Crippen LogP contribution in [0.15, 0.2) is 85.2 Å². The van der Waals surface area contributed by atoms with E-state index in [1.165, 1.54) is 12.1 Å². The van der Waals surface area contributed by atoms with Crippen LogP contribution in [0.3, 0.4) is 0 Å². The van der Waals surface area contributed by atoms with E-state index >= 15 is 0 Å². The van der Waals surface area contributed by atoms with E-state index < -0.39 is 0 Å². The summed E-state index contributed by atoms with van der Waals surface area (Å²) in [6.07, 6.45) is 4.88. The zero-order valence-corrected chi connectivity index (χ0v) is 22.1. The number of nitrogens with zero attached hydrogens (tertiary/aromatic N) is 2. The minimum atomic E-state index is -0.296. The highest BCUT2D eigenvalue weighted by Gasteiger charge is 2.17. The van der Waals surface area contributed by atoms with E-state index in [1.54, 1.807) is 30.6 Å². The summed E-state index contributed by atoms with van der Waals surface area (Å²) in [6, 6.07) is 21.9. The molecule has 3 heterocycles. The van der Waals surface area contributed by atoms with Crippen molar-refractivity contribution in [2.45, 2.75) is 25.3 Å². The first-order chi connectivity index (χ1) is 17.9. The lowest BCUT2D eigenvalue weighted by Gasteiger charge is -2.12. The molecular formula is C29H25FIN5O. The van der Waals surface area contributed by atoms with Crippen LogP contribution in [-0.4, -0.2) is 26.9 Å². The maximum absolute atomic E-state index is 13.4. The van der Waals surface area contributed by atoms with Gasteiger partial charge in [0.15, 0.2) is 0 Å². The van der Waals surface area contributed by atoms with Crippen LogP contribution >= 0.6 is 22.6 Å². The largest absolute Gasteiger partial charge is 0.342 e. The third kappa shape index (κ3) is 6.20. The molecule has 8 heteroatoms. The van der Waals surface area contributed by atoms with Crippen molar-refractivity contribution >= 4 is 45.3 Å². The Balaban J connectivity index is 1.36. The molecular weight excluding hydrogens is 580 g/mol. The van der Waals surface area contributed by atoms with Gasteiger partial charge in [-0.1, -0.05) is 24.3 Å². The van der Waals surface area contributed by atoms with E-state index in [9.17, 15) is 9.18 Å². The summed E-state index contributed by atoms with van der Waals surface area (Å²) in [7, 11) is 0. The summed E-state index contributed by atoms with van der Waals surface area (Å²) in [5, 5.41) is 3.81. The van der Waals surface area contributed by atoms with Gasteiger partial charge >= 0.3 is 0 Å². The highest BCUT2D eigenvalue weighted by Crippen LogP contribution is 2.33. The molecule has 5 rings (SSSR count). The number of amides is 1. The van der Waals surface area contributed by atoms with Crippen molar-refractivity contribution in [2.75, 3.05) is 5.32 Å². The van der Waals surface area contributed by atoms with Gasteiger partial charge in [-0.15, -0.1) is 0 Å². The Morgan fingerprint density at radius 2 is 1.68 bits per heavy atom. The molecule has 3 aromatic heterocycles. The summed E-state index contributed by atoms with van der Waals surface area (Å²) < 4.78 is 14.6. The summed E-state index contributed by atoms with van der Waals surface area (Å²) in [6.45, 7) is 0. The molecule has 186 valence electrons. The summed E-state index contributed by atoms with van der Waals surface area (Å²) in [4.78, 5) is 24.9. The number of pyridine rings is 2. The van der Waals surface area contributed by atoms with Gasteiger partial charge in [-0.3, -0.25) is 9.78 Å². The average Bonchev–Trinajstić information content (AvgIpc) is 3.24. The Bertz CT molecular complexity index is 1520. The van der Waals surface area contributed by atoms with Crippen LogP contribution in [0.2, 0.25) is 0 Å². The number of aromatic nitrogens is 3. The fourth-order valence-corrected chi connectivity index (χ4v) is 4.77. The number of H-pyrrole nitrogens is 1. The Morgan fingerprint density at radius 1 is 0.973 bits per heavy atom. The number of halogens is 2. The Morgan fingerprint density at radius 3 is 2.41 bits per heavy atom. The quantitative estimate of drug-likeness (QED) is 0.193. The van der Waals surface area contributed by atoms with Crippen molar-refractivity contribution < 1.29 is 9.18 Å². The standard InChI is InChI=1S/C29H25FIN5O/c30-21-5-1-19(2-6-21)16-25-28(20-11-13-33-14-12-20)24-9-10-26(36-29(24)34-25)35-27(37)17-23(32)15-18-3-7-22(31)8-4-18/h1-14,23H,15-17,32H2,(H2,34,35,36,37)/t23-/m0/s1. The smallest absolute Gasteiger partial charge is 0.227 e. The number of hydrogen-bond donors (Lipinski definition) is 3. The molecule has 0 bridgehead atoms. The first-order valence-electron chi connectivity index (χ1n) is 11.9. The lowest BCUT2D eigenvalue weighted by atomic mass is 10.00. The normalized spacial score (nSPS) is 12.0. The van der Waals surface area contributed by atoms with Crippen molar-refractivity contribution in [1.29, 1.82) is 0 Å². The number of fused-ring (bicyclic) bond motifs is 1. The van der Waals surface area contributed by atoms with E-state index in [0.717, 1.165) is 36.9 Å². The molecule has 0 radical (unpaired) electrons. The Kier molecular flexibility index (Phi) is 7.57. The van der Waals surface area contributed by atoms with Gasteiger partial charge in [-0.2, -0.15) is 0 Å². The molecule has 0 aliphatic heterocycles. The molecule has 0 saturated heterocycles. The minimum Gasteiger partial charge on any atom is -0.342 e. The van der Waals surface area contributed by atoms with Gasteiger partial charge in [0, 0.05) is 51.5 Å². The number of carbonyl (C=O) groups excluding carboxylic acids is 1.